The lowest BCUT2D eigenvalue weighted by atomic mass is 10.1. The van der Waals surface area contributed by atoms with Gasteiger partial charge in [0.25, 0.3) is 5.91 Å². The molecule has 0 unspecified atom stereocenters. The molecule has 2 amide bonds. The van der Waals surface area contributed by atoms with Crippen LogP contribution in [0.4, 0.5) is 10.1 Å². The van der Waals surface area contributed by atoms with Crippen LogP contribution in [0.15, 0.2) is 60.9 Å². The Bertz CT molecular complexity index is 1130. The predicted molar refractivity (Wildman–Crippen MR) is 144 cm³/mol. The van der Waals surface area contributed by atoms with Crippen LogP contribution in [0.1, 0.15) is 41.1 Å². The molecule has 1 saturated heterocycles. The minimum atomic E-state index is -0.577. The van der Waals surface area contributed by atoms with Crippen molar-refractivity contribution in [2.45, 2.75) is 37.3 Å². The van der Waals surface area contributed by atoms with Gasteiger partial charge in [0.2, 0.25) is 5.91 Å². The lowest BCUT2D eigenvalue weighted by Gasteiger charge is -2.34. The number of benzene rings is 2. The van der Waals surface area contributed by atoms with E-state index in [9.17, 15) is 14.0 Å². The van der Waals surface area contributed by atoms with Gasteiger partial charge < -0.3 is 25.9 Å². The van der Waals surface area contributed by atoms with Crippen LogP contribution in [0.3, 0.4) is 0 Å². The first-order chi connectivity index (χ1) is 18.5. The normalized spacial score (nSPS) is 21.7. The summed E-state index contributed by atoms with van der Waals surface area (Å²) in [5.41, 5.74) is 8.39. The summed E-state index contributed by atoms with van der Waals surface area (Å²) in [6.45, 7) is 3.75. The number of nitrogens with one attached hydrogen (secondary N) is 4. The van der Waals surface area contributed by atoms with Crippen molar-refractivity contribution in [3.05, 3.63) is 77.9 Å². The van der Waals surface area contributed by atoms with Gasteiger partial charge in [-0.25, -0.2) is 4.39 Å². The third-order valence-electron chi connectivity index (χ3n) is 7.48. The molecule has 0 aromatic heterocycles. The fourth-order valence-corrected chi connectivity index (χ4v) is 5.02. The highest BCUT2D eigenvalue weighted by Crippen LogP contribution is 2.40. The second-order valence-corrected chi connectivity index (χ2v) is 10.2. The van der Waals surface area contributed by atoms with Gasteiger partial charge in [0, 0.05) is 56.1 Å². The van der Waals surface area contributed by atoms with E-state index in [4.69, 9.17) is 0 Å². The number of carbonyl (C=O) groups excluding carboxylic acids is 2. The molecule has 2 aliphatic heterocycles. The number of amides is 2. The highest BCUT2D eigenvalue weighted by atomic mass is 19.1. The van der Waals surface area contributed by atoms with Gasteiger partial charge in [0.05, 0.1) is 5.69 Å². The summed E-state index contributed by atoms with van der Waals surface area (Å²) in [5, 5.41) is 8.37. The van der Waals surface area contributed by atoms with E-state index in [1.54, 1.807) is 23.3 Å². The second kappa shape index (κ2) is 11.9. The molecule has 1 aliphatic carbocycles. The zero-order chi connectivity index (χ0) is 26.5. The number of nitrogens with zero attached hydrogens (tertiary/aromatic N) is 3. The molecule has 2 aromatic rings. The first kappa shape index (κ1) is 26.1. The number of likely N-dealkylation sites (N-methyl/N-ethyl adjacent to an activating group) is 1. The number of halogens is 1. The first-order valence-corrected chi connectivity index (χ1v) is 13.3. The maximum atomic E-state index is 13.4. The second-order valence-electron chi connectivity index (χ2n) is 10.2. The number of carbonyl (C=O) groups is 2. The van der Waals surface area contributed by atoms with Crippen LogP contribution in [0.25, 0.3) is 0 Å². The van der Waals surface area contributed by atoms with Crippen LogP contribution in [-0.4, -0.2) is 73.5 Å². The van der Waals surface area contributed by atoms with Crippen molar-refractivity contribution in [3.63, 3.8) is 0 Å². The first-order valence-electron chi connectivity index (χ1n) is 13.3. The molecule has 10 heteroatoms. The number of hydrazine groups is 2. The minimum absolute atomic E-state index is 0.0174. The summed E-state index contributed by atoms with van der Waals surface area (Å²) >= 11 is 0. The Labute approximate surface area is 223 Å². The number of hydrogen-bond donors (Lipinski definition) is 4. The molecule has 2 heterocycles. The van der Waals surface area contributed by atoms with Crippen LogP contribution in [0.2, 0.25) is 0 Å². The fraction of sp³-hybridized carbons (Fsp3) is 0.429. The van der Waals surface area contributed by atoms with E-state index in [1.807, 2.05) is 35.4 Å². The van der Waals surface area contributed by atoms with Crippen LogP contribution < -0.4 is 26.6 Å². The van der Waals surface area contributed by atoms with Crippen LogP contribution in [0, 0.1) is 5.82 Å². The Morgan fingerprint density at radius 2 is 1.79 bits per heavy atom. The summed E-state index contributed by atoms with van der Waals surface area (Å²) in [4.78, 5) is 30.6. The highest BCUT2D eigenvalue weighted by molar-refractivity contribution is 5.97. The van der Waals surface area contributed by atoms with Crippen molar-refractivity contribution in [1.82, 2.24) is 31.4 Å². The standard InChI is InChI=1S/C28H36FN7O2/c1-34-15-17-35(18-16-34)28(38)25(3-2-12-30-26-19-24(26)20-4-8-22(29)9-5-20)32-27(37)21-6-10-23(11-7-21)36-14-13-31-33-36/h4-11,13-14,24-26,30-31,33H,2-3,12,15-19H2,1H3,(H,32,37)/t24-,25-,26+/m1/s1. The lowest BCUT2D eigenvalue weighted by Crippen LogP contribution is -2.54. The van der Waals surface area contributed by atoms with Gasteiger partial charge >= 0.3 is 0 Å². The van der Waals surface area contributed by atoms with Gasteiger partial charge in [-0.15, -0.1) is 5.53 Å². The highest BCUT2D eigenvalue weighted by Gasteiger charge is 2.37. The van der Waals surface area contributed by atoms with Crippen molar-refractivity contribution < 1.29 is 14.0 Å². The van der Waals surface area contributed by atoms with Gasteiger partial charge in [0.15, 0.2) is 0 Å². The number of anilines is 1. The van der Waals surface area contributed by atoms with Gasteiger partial charge in [-0.3, -0.25) is 14.6 Å². The maximum absolute atomic E-state index is 13.4. The minimum Gasteiger partial charge on any atom is -0.340 e. The maximum Gasteiger partial charge on any atom is 0.251 e. The van der Waals surface area contributed by atoms with Crippen LogP contribution >= 0.6 is 0 Å². The molecule has 3 aliphatic rings. The molecule has 9 nitrogen and oxygen atoms in total. The van der Waals surface area contributed by atoms with Gasteiger partial charge in [-0.05, 0) is 74.8 Å². The Kier molecular flexibility index (Phi) is 8.21. The zero-order valence-electron chi connectivity index (χ0n) is 21.7. The molecule has 2 fully saturated rings. The van der Waals surface area contributed by atoms with E-state index in [-0.39, 0.29) is 17.6 Å². The number of hydrogen-bond acceptors (Lipinski definition) is 7. The largest absolute Gasteiger partial charge is 0.340 e. The van der Waals surface area contributed by atoms with E-state index in [1.165, 1.54) is 12.1 Å². The summed E-state index contributed by atoms with van der Waals surface area (Å²) in [6, 6.07) is 13.7. The SMILES string of the molecule is CN1CCN(C(=O)[C@@H](CCCN[C@H]2C[C@@H]2c2ccc(F)cc2)NC(=O)c2ccc(N3C=CNN3)cc2)CC1. The predicted octanol–water partition coefficient (Wildman–Crippen LogP) is 1.92. The monoisotopic (exact) mass is 521 g/mol. The molecule has 0 spiro atoms. The average Bonchev–Trinajstić information content (AvgIpc) is 3.49. The van der Waals surface area contributed by atoms with E-state index < -0.39 is 6.04 Å². The van der Waals surface area contributed by atoms with Crippen LogP contribution in [0.5, 0.6) is 0 Å². The Morgan fingerprint density at radius 1 is 1.05 bits per heavy atom. The molecular formula is C28H36FN7O2. The van der Waals surface area contributed by atoms with Crippen LogP contribution in [-0.2, 0) is 4.79 Å². The van der Waals surface area contributed by atoms with E-state index >= 15 is 0 Å². The number of rotatable bonds is 10. The molecule has 2 aromatic carbocycles. The van der Waals surface area contributed by atoms with Crippen molar-refractivity contribution in [2.75, 3.05) is 44.8 Å². The molecule has 5 rings (SSSR count). The molecule has 38 heavy (non-hydrogen) atoms. The Morgan fingerprint density at radius 3 is 2.47 bits per heavy atom. The molecule has 0 bridgehead atoms. The van der Waals surface area contributed by atoms with Crippen molar-refractivity contribution >= 4 is 17.5 Å². The van der Waals surface area contributed by atoms with Gasteiger partial charge in [-0.1, -0.05) is 12.1 Å². The summed E-state index contributed by atoms with van der Waals surface area (Å²) in [7, 11) is 2.05. The summed E-state index contributed by atoms with van der Waals surface area (Å²) < 4.78 is 13.2. The summed E-state index contributed by atoms with van der Waals surface area (Å²) in [6.07, 6.45) is 5.97. The smallest absolute Gasteiger partial charge is 0.251 e. The Balaban J connectivity index is 1.15. The third kappa shape index (κ3) is 6.50. The van der Waals surface area contributed by atoms with E-state index in [0.29, 0.717) is 37.0 Å². The van der Waals surface area contributed by atoms with Crippen molar-refractivity contribution in [2.24, 2.45) is 0 Å². The molecule has 202 valence electrons. The fourth-order valence-electron chi connectivity index (χ4n) is 5.02. The molecule has 4 N–H and O–H groups in total. The molecular weight excluding hydrogens is 485 g/mol. The van der Waals surface area contributed by atoms with Gasteiger partial charge in [-0.2, -0.15) is 0 Å². The van der Waals surface area contributed by atoms with E-state index in [0.717, 1.165) is 43.7 Å². The molecule has 0 radical (unpaired) electrons. The lowest BCUT2D eigenvalue weighted by molar-refractivity contribution is -0.135. The van der Waals surface area contributed by atoms with E-state index in [2.05, 4.69) is 33.5 Å². The van der Waals surface area contributed by atoms with Crippen molar-refractivity contribution in [1.29, 1.82) is 0 Å². The molecule has 3 atom stereocenters. The Hall–Kier alpha value is -3.47. The number of piperazine rings is 1. The average molecular weight is 522 g/mol. The topological polar surface area (TPSA) is 92.0 Å². The third-order valence-corrected chi connectivity index (χ3v) is 7.48. The summed E-state index contributed by atoms with van der Waals surface area (Å²) in [5.74, 6) is -0.0798. The molecule has 1 saturated carbocycles. The van der Waals surface area contributed by atoms with Crippen molar-refractivity contribution in [3.8, 4) is 0 Å². The zero-order valence-corrected chi connectivity index (χ0v) is 21.7. The quantitative estimate of drug-likeness (QED) is 0.355. The van der Waals surface area contributed by atoms with Gasteiger partial charge in [0.1, 0.15) is 11.9 Å².